The van der Waals surface area contributed by atoms with Gasteiger partial charge in [0.15, 0.2) is 0 Å². The first-order valence-corrected chi connectivity index (χ1v) is 6.89. The lowest BCUT2D eigenvalue weighted by Crippen LogP contribution is -2.04. The van der Waals surface area contributed by atoms with Crippen molar-refractivity contribution in [3.8, 4) is 28.6 Å². The summed E-state index contributed by atoms with van der Waals surface area (Å²) in [5.41, 5.74) is -0.524. The van der Waals surface area contributed by atoms with Crippen molar-refractivity contribution in [3.05, 3.63) is 66.5 Å². The van der Waals surface area contributed by atoms with Crippen molar-refractivity contribution in [2.24, 2.45) is 0 Å². The van der Waals surface area contributed by atoms with Crippen molar-refractivity contribution < 1.29 is 23.0 Å². The van der Waals surface area contributed by atoms with Crippen LogP contribution >= 0.6 is 0 Å². The van der Waals surface area contributed by atoms with Crippen molar-refractivity contribution in [2.75, 3.05) is 0 Å². The number of para-hydroxylation sites is 1. The van der Waals surface area contributed by atoms with Crippen molar-refractivity contribution in [1.82, 2.24) is 9.97 Å². The van der Waals surface area contributed by atoms with E-state index in [0.717, 1.165) is 12.1 Å². The van der Waals surface area contributed by atoms with E-state index in [1.807, 2.05) is 6.07 Å². The number of aromatic hydroxyl groups is 1. The van der Waals surface area contributed by atoms with Gasteiger partial charge in [-0.05, 0) is 30.3 Å². The molecule has 0 atom stereocenters. The average Bonchev–Trinajstić information content (AvgIpc) is 2.55. The number of ether oxygens (including phenoxy) is 1. The Balaban J connectivity index is 1.92. The SMILES string of the molecule is Oc1cc(C(F)(F)F)ccc1-c1cc(Oc2ccccc2)ncn1. The highest BCUT2D eigenvalue weighted by Gasteiger charge is 2.31. The van der Waals surface area contributed by atoms with E-state index in [-0.39, 0.29) is 17.1 Å². The third-order valence-corrected chi connectivity index (χ3v) is 3.21. The van der Waals surface area contributed by atoms with Crippen LogP contribution in [-0.2, 0) is 6.18 Å². The molecule has 0 saturated heterocycles. The van der Waals surface area contributed by atoms with Crippen molar-refractivity contribution in [1.29, 1.82) is 0 Å². The number of hydrogen-bond acceptors (Lipinski definition) is 4. The number of alkyl halides is 3. The summed E-state index contributed by atoms with van der Waals surface area (Å²) in [6.07, 6.45) is -3.31. The van der Waals surface area contributed by atoms with Gasteiger partial charge < -0.3 is 9.84 Å². The largest absolute Gasteiger partial charge is 0.507 e. The zero-order valence-electron chi connectivity index (χ0n) is 12.2. The molecule has 0 aliphatic rings. The lowest BCUT2D eigenvalue weighted by atomic mass is 10.1. The number of benzene rings is 2. The molecule has 122 valence electrons. The quantitative estimate of drug-likeness (QED) is 0.758. The van der Waals surface area contributed by atoms with E-state index in [1.165, 1.54) is 12.4 Å². The molecule has 0 aliphatic heterocycles. The third-order valence-electron chi connectivity index (χ3n) is 3.21. The summed E-state index contributed by atoms with van der Waals surface area (Å²) in [4.78, 5) is 7.92. The predicted molar refractivity (Wildman–Crippen MR) is 80.7 cm³/mol. The Morgan fingerprint density at radius 3 is 2.33 bits per heavy atom. The molecule has 2 aromatic carbocycles. The molecule has 1 N–H and O–H groups in total. The number of phenolic OH excluding ortho intramolecular Hbond substituents is 1. The molecular weight excluding hydrogens is 321 g/mol. The molecule has 0 bridgehead atoms. The van der Waals surface area contributed by atoms with Gasteiger partial charge in [-0.25, -0.2) is 9.97 Å². The van der Waals surface area contributed by atoms with Crippen LogP contribution in [0.15, 0.2) is 60.9 Å². The van der Waals surface area contributed by atoms with Gasteiger partial charge >= 0.3 is 6.18 Å². The second kappa shape index (κ2) is 6.19. The van der Waals surface area contributed by atoms with Crippen LogP contribution < -0.4 is 4.74 Å². The van der Waals surface area contributed by atoms with E-state index >= 15 is 0 Å². The highest BCUT2D eigenvalue weighted by atomic mass is 19.4. The van der Waals surface area contributed by atoms with Crippen LogP contribution in [0.5, 0.6) is 17.4 Å². The van der Waals surface area contributed by atoms with Crippen LogP contribution in [0.2, 0.25) is 0 Å². The van der Waals surface area contributed by atoms with Gasteiger partial charge in [-0.3, -0.25) is 0 Å². The lowest BCUT2D eigenvalue weighted by Gasteiger charge is -2.10. The van der Waals surface area contributed by atoms with Gasteiger partial charge in [0.1, 0.15) is 17.8 Å². The topological polar surface area (TPSA) is 55.2 Å². The maximum atomic E-state index is 12.7. The van der Waals surface area contributed by atoms with Crippen LogP contribution in [0, 0.1) is 0 Å². The number of halogens is 3. The first kappa shape index (κ1) is 15.8. The van der Waals surface area contributed by atoms with E-state index < -0.39 is 17.5 Å². The van der Waals surface area contributed by atoms with Gasteiger partial charge in [0.2, 0.25) is 5.88 Å². The molecule has 0 saturated carbocycles. The molecule has 0 amide bonds. The minimum absolute atomic E-state index is 0.156. The van der Waals surface area contributed by atoms with Gasteiger partial charge in [-0.15, -0.1) is 0 Å². The molecule has 3 rings (SSSR count). The predicted octanol–water partition coefficient (Wildman–Crippen LogP) is 4.66. The van der Waals surface area contributed by atoms with E-state index in [4.69, 9.17) is 4.74 Å². The zero-order chi connectivity index (χ0) is 17.2. The van der Waals surface area contributed by atoms with Crippen LogP contribution in [0.25, 0.3) is 11.3 Å². The van der Waals surface area contributed by atoms with Crippen molar-refractivity contribution in [3.63, 3.8) is 0 Å². The van der Waals surface area contributed by atoms with Gasteiger partial charge in [0.25, 0.3) is 0 Å². The lowest BCUT2D eigenvalue weighted by molar-refractivity contribution is -0.137. The van der Waals surface area contributed by atoms with Crippen molar-refractivity contribution in [2.45, 2.75) is 6.18 Å². The van der Waals surface area contributed by atoms with Gasteiger partial charge in [0, 0.05) is 11.6 Å². The van der Waals surface area contributed by atoms with E-state index in [1.54, 1.807) is 24.3 Å². The number of aromatic nitrogens is 2. The Kier molecular flexibility index (Phi) is 4.07. The number of hydrogen-bond donors (Lipinski definition) is 1. The Labute approximate surface area is 135 Å². The molecule has 0 aliphatic carbocycles. The second-order valence-electron chi connectivity index (χ2n) is 4.89. The number of rotatable bonds is 3. The Morgan fingerprint density at radius 1 is 0.917 bits per heavy atom. The minimum atomic E-state index is -4.52. The molecular formula is C17H11F3N2O2. The van der Waals surface area contributed by atoms with Crippen LogP contribution in [0.1, 0.15) is 5.56 Å². The van der Waals surface area contributed by atoms with Crippen LogP contribution in [-0.4, -0.2) is 15.1 Å². The molecule has 1 heterocycles. The molecule has 1 aromatic heterocycles. The monoisotopic (exact) mass is 332 g/mol. The van der Waals surface area contributed by atoms with Gasteiger partial charge in [-0.2, -0.15) is 13.2 Å². The molecule has 0 spiro atoms. The Morgan fingerprint density at radius 2 is 1.67 bits per heavy atom. The minimum Gasteiger partial charge on any atom is -0.507 e. The van der Waals surface area contributed by atoms with Crippen LogP contribution in [0.4, 0.5) is 13.2 Å². The van der Waals surface area contributed by atoms with E-state index in [9.17, 15) is 18.3 Å². The Bertz CT molecular complexity index is 852. The summed E-state index contributed by atoms with van der Waals surface area (Å²) in [7, 11) is 0. The maximum absolute atomic E-state index is 12.7. The molecule has 24 heavy (non-hydrogen) atoms. The van der Waals surface area contributed by atoms with E-state index in [2.05, 4.69) is 9.97 Å². The maximum Gasteiger partial charge on any atom is 0.416 e. The summed E-state index contributed by atoms with van der Waals surface area (Å²) in [5, 5.41) is 9.89. The number of phenols is 1. The summed E-state index contributed by atoms with van der Waals surface area (Å²) >= 11 is 0. The molecule has 0 radical (unpaired) electrons. The second-order valence-corrected chi connectivity index (χ2v) is 4.89. The fourth-order valence-electron chi connectivity index (χ4n) is 2.08. The first-order valence-electron chi connectivity index (χ1n) is 6.89. The summed E-state index contributed by atoms with van der Waals surface area (Å²) in [6, 6.07) is 13.0. The smallest absolute Gasteiger partial charge is 0.416 e. The molecule has 7 heteroatoms. The molecule has 3 aromatic rings. The first-order chi connectivity index (χ1) is 11.4. The zero-order valence-corrected chi connectivity index (χ0v) is 12.2. The molecule has 0 fully saturated rings. The Hall–Kier alpha value is -3.09. The third kappa shape index (κ3) is 3.45. The van der Waals surface area contributed by atoms with Crippen molar-refractivity contribution >= 4 is 0 Å². The molecule has 0 unspecified atom stereocenters. The summed E-state index contributed by atoms with van der Waals surface area (Å²) < 4.78 is 43.5. The fourth-order valence-corrected chi connectivity index (χ4v) is 2.08. The van der Waals surface area contributed by atoms with Gasteiger partial charge in [0.05, 0.1) is 11.3 Å². The number of nitrogens with zero attached hydrogens (tertiary/aromatic N) is 2. The van der Waals surface area contributed by atoms with Gasteiger partial charge in [-0.1, -0.05) is 18.2 Å². The summed E-state index contributed by atoms with van der Waals surface area (Å²) in [6.45, 7) is 0. The summed E-state index contributed by atoms with van der Waals surface area (Å²) in [5.74, 6) is 0.249. The highest BCUT2D eigenvalue weighted by molar-refractivity contribution is 5.68. The highest BCUT2D eigenvalue weighted by Crippen LogP contribution is 2.36. The average molecular weight is 332 g/mol. The van der Waals surface area contributed by atoms with Crippen LogP contribution in [0.3, 0.4) is 0 Å². The molecule has 4 nitrogen and oxygen atoms in total. The normalized spacial score (nSPS) is 11.3. The standard InChI is InChI=1S/C17H11F3N2O2/c18-17(19,20)11-6-7-13(15(23)8-11)14-9-16(22-10-21-14)24-12-4-2-1-3-5-12/h1-10,23H. The fraction of sp³-hybridized carbons (Fsp3) is 0.0588. The van der Waals surface area contributed by atoms with E-state index in [0.29, 0.717) is 11.8 Å².